The minimum absolute atomic E-state index is 0.675. The number of anilines is 2. The fourth-order valence-electron chi connectivity index (χ4n) is 2.07. The first kappa shape index (κ1) is 12.1. The molecule has 0 saturated carbocycles. The first-order valence-electron chi connectivity index (χ1n) is 5.90. The van der Waals surface area contributed by atoms with Crippen molar-refractivity contribution in [2.24, 2.45) is 0 Å². The van der Waals surface area contributed by atoms with Crippen LogP contribution in [-0.2, 0) is 0 Å². The number of hydrogen-bond donors (Lipinski definition) is 1. The Bertz CT molecular complexity index is 439. The van der Waals surface area contributed by atoms with E-state index in [1.807, 2.05) is 23.9 Å². The number of nitrogens with zero attached hydrogens (tertiary/aromatic N) is 2. The molecule has 2 N–H and O–H groups in total. The summed E-state index contributed by atoms with van der Waals surface area (Å²) < 4.78 is 0. The van der Waals surface area contributed by atoms with Gasteiger partial charge in [-0.25, -0.2) is 0 Å². The zero-order valence-corrected chi connectivity index (χ0v) is 10.8. The van der Waals surface area contributed by atoms with E-state index in [1.165, 1.54) is 6.42 Å². The molecule has 1 saturated heterocycles. The van der Waals surface area contributed by atoms with Gasteiger partial charge in [-0.1, -0.05) is 6.92 Å². The Morgan fingerprint density at radius 1 is 1.59 bits per heavy atom. The molecule has 1 unspecified atom stereocenters. The molecule has 1 aromatic rings. The number of thioether (sulfide) groups is 1. The molecule has 17 heavy (non-hydrogen) atoms. The van der Waals surface area contributed by atoms with Gasteiger partial charge in [-0.2, -0.15) is 17.0 Å². The van der Waals surface area contributed by atoms with Crippen LogP contribution in [0.2, 0.25) is 0 Å². The maximum absolute atomic E-state index is 8.94. The minimum Gasteiger partial charge on any atom is -0.397 e. The average molecular weight is 247 g/mol. The third kappa shape index (κ3) is 2.67. The molecule has 0 bridgehead atoms. The Kier molecular flexibility index (Phi) is 3.80. The fourth-order valence-corrected chi connectivity index (χ4v) is 3.25. The molecule has 3 nitrogen and oxygen atoms in total. The molecular formula is C13H17N3S. The number of benzene rings is 1. The van der Waals surface area contributed by atoms with E-state index in [9.17, 15) is 0 Å². The monoisotopic (exact) mass is 247 g/mol. The van der Waals surface area contributed by atoms with E-state index in [-0.39, 0.29) is 0 Å². The molecule has 0 aliphatic carbocycles. The van der Waals surface area contributed by atoms with Gasteiger partial charge >= 0.3 is 0 Å². The van der Waals surface area contributed by atoms with Gasteiger partial charge in [0.25, 0.3) is 0 Å². The third-order valence-electron chi connectivity index (χ3n) is 3.09. The summed E-state index contributed by atoms with van der Waals surface area (Å²) in [5, 5.41) is 9.61. The van der Waals surface area contributed by atoms with Crippen molar-refractivity contribution in [1.82, 2.24) is 0 Å². The van der Waals surface area contributed by atoms with Crippen LogP contribution in [0.3, 0.4) is 0 Å². The molecule has 1 heterocycles. The molecule has 0 aromatic heterocycles. The van der Waals surface area contributed by atoms with Crippen LogP contribution in [0.4, 0.5) is 11.4 Å². The van der Waals surface area contributed by atoms with Gasteiger partial charge < -0.3 is 10.6 Å². The molecular weight excluding hydrogens is 230 g/mol. The lowest BCUT2D eigenvalue weighted by molar-refractivity contribution is 0.729. The third-order valence-corrected chi connectivity index (χ3v) is 4.47. The number of nitrogens with two attached hydrogens (primary N) is 1. The van der Waals surface area contributed by atoms with E-state index in [0.717, 1.165) is 30.2 Å². The highest BCUT2D eigenvalue weighted by molar-refractivity contribution is 8.00. The summed E-state index contributed by atoms with van der Waals surface area (Å²) in [6.07, 6.45) is 1.18. The van der Waals surface area contributed by atoms with Crippen molar-refractivity contribution in [3.8, 4) is 6.07 Å². The molecule has 1 fully saturated rings. The molecule has 1 aromatic carbocycles. The Morgan fingerprint density at radius 3 is 3.12 bits per heavy atom. The van der Waals surface area contributed by atoms with Crippen LogP contribution in [0.25, 0.3) is 0 Å². The highest BCUT2D eigenvalue weighted by Gasteiger charge is 2.20. The Hall–Kier alpha value is -1.34. The van der Waals surface area contributed by atoms with Crippen molar-refractivity contribution in [2.75, 3.05) is 29.5 Å². The zero-order chi connectivity index (χ0) is 12.3. The number of nitrogen functional groups attached to an aromatic ring is 1. The quantitative estimate of drug-likeness (QED) is 0.816. The predicted octanol–water partition coefficient (Wildman–Crippen LogP) is 2.47. The maximum atomic E-state index is 8.94. The van der Waals surface area contributed by atoms with Gasteiger partial charge in [-0.05, 0) is 24.6 Å². The van der Waals surface area contributed by atoms with Crippen LogP contribution in [0, 0.1) is 11.3 Å². The number of hydrogen-bond acceptors (Lipinski definition) is 4. The topological polar surface area (TPSA) is 53.0 Å². The zero-order valence-electron chi connectivity index (χ0n) is 10.0. The Balaban J connectivity index is 2.24. The summed E-state index contributed by atoms with van der Waals surface area (Å²) in [5.74, 6) is 1.13. The van der Waals surface area contributed by atoms with Gasteiger partial charge in [0, 0.05) is 24.1 Å². The Morgan fingerprint density at radius 2 is 2.41 bits per heavy atom. The summed E-state index contributed by atoms with van der Waals surface area (Å²) in [4.78, 5) is 2.31. The summed E-state index contributed by atoms with van der Waals surface area (Å²) in [6.45, 7) is 4.26. The maximum Gasteiger partial charge on any atom is 0.0992 e. The largest absolute Gasteiger partial charge is 0.397 e. The van der Waals surface area contributed by atoms with Crippen LogP contribution >= 0.6 is 11.8 Å². The molecule has 0 amide bonds. The first-order valence-corrected chi connectivity index (χ1v) is 6.95. The molecule has 4 heteroatoms. The highest BCUT2D eigenvalue weighted by Crippen LogP contribution is 2.30. The number of rotatable bonds is 2. The van der Waals surface area contributed by atoms with Crippen molar-refractivity contribution >= 4 is 23.1 Å². The lowest BCUT2D eigenvalue weighted by atomic mass is 10.1. The summed E-state index contributed by atoms with van der Waals surface area (Å²) in [6, 6.07) is 7.67. The van der Waals surface area contributed by atoms with Crippen molar-refractivity contribution in [2.45, 2.75) is 18.6 Å². The van der Waals surface area contributed by atoms with E-state index in [0.29, 0.717) is 10.8 Å². The van der Waals surface area contributed by atoms with Crippen molar-refractivity contribution in [1.29, 1.82) is 5.26 Å². The summed E-state index contributed by atoms with van der Waals surface area (Å²) in [7, 11) is 0. The van der Waals surface area contributed by atoms with Gasteiger partial charge in [0.05, 0.1) is 23.0 Å². The fraction of sp³-hybridized carbons (Fsp3) is 0.462. The van der Waals surface area contributed by atoms with Gasteiger partial charge in [-0.15, -0.1) is 0 Å². The van der Waals surface area contributed by atoms with E-state index >= 15 is 0 Å². The van der Waals surface area contributed by atoms with E-state index in [4.69, 9.17) is 11.0 Å². The van der Waals surface area contributed by atoms with Gasteiger partial charge in [0.1, 0.15) is 0 Å². The number of nitriles is 1. The van der Waals surface area contributed by atoms with Crippen molar-refractivity contribution in [3.63, 3.8) is 0 Å². The minimum atomic E-state index is 0.675. The molecule has 1 aliphatic rings. The van der Waals surface area contributed by atoms with Crippen molar-refractivity contribution < 1.29 is 0 Å². The van der Waals surface area contributed by atoms with Crippen LogP contribution in [-0.4, -0.2) is 24.1 Å². The second-order valence-electron chi connectivity index (χ2n) is 4.23. The normalized spacial score (nSPS) is 20.0. The molecule has 1 aliphatic heterocycles. The lowest BCUT2D eigenvalue weighted by Gasteiger charge is -2.34. The SMILES string of the molecule is CCC1CN(c2cc(C#N)ccc2N)CCS1. The summed E-state index contributed by atoms with van der Waals surface area (Å²) in [5.41, 5.74) is 8.47. The second kappa shape index (κ2) is 5.33. The molecule has 0 spiro atoms. The molecule has 0 radical (unpaired) electrons. The highest BCUT2D eigenvalue weighted by atomic mass is 32.2. The van der Waals surface area contributed by atoms with E-state index in [1.54, 1.807) is 6.07 Å². The summed E-state index contributed by atoms with van der Waals surface area (Å²) >= 11 is 2.03. The van der Waals surface area contributed by atoms with Crippen LogP contribution < -0.4 is 10.6 Å². The molecule has 90 valence electrons. The first-order chi connectivity index (χ1) is 8.24. The average Bonchev–Trinajstić information content (AvgIpc) is 2.39. The van der Waals surface area contributed by atoms with Crippen LogP contribution in [0.15, 0.2) is 18.2 Å². The van der Waals surface area contributed by atoms with Crippen LogP contribution in [0.1, 0.15) is 18.9 Å². The molecule has 1 atom stereocenters. The van der Waals surface area contributed by atoms with E-state index < -0.39 is 0 Å². The van der Waals surface area contributed by atoms with Gasteiger partial charge in [0.2, 0.25) is 0 Å². The standard InChI is InChI=1S/C13H17N3S/c1-2-11-9-16(5-6-17-11)13-7-10(8-14)3-4-12(13)15/h3-4,7,11H,2,5-6,9,15H2,1H3. The van der Waals surface area contributed by atoms with Gasteiger partial charge in [0.15, 0.2) is 0 Å². The Labute approximate surface area is 107 Å². The second-order valence-corrected chi connectivity index (χ2v) is 5.64. The van der Waals surface area contributed by atoms with E-state index in [2.05, 4.69) is 17.9 Å². The van der Waals surface area contributed by atoms with Crippen LogP contribution in [0.5, 0.6) is 0 Å². The lowest BCUT2D eigenvalue weighted by Crippen LogP contribution is -2.38. The molecule has 2 rings (SSSR count). The van der Waals surface area contributed by atoms with Crippen molar-refractivity contribution in [3.05, 3.63) is 23.8 Å². The van der Waals surface area contributed by atoms with Gasteiger partial charge in [-0.3, -0.25) is 0 Å². The predicted molar refractivity (Wildman–Crippen MR) is 74.3 cm³/mol. The smallest absolute Gasteiger partial charge is 0.0992 e.